The zero-order chi connectivity index (χ0) is 19.2. The second-order valence-electron chi connectivity index (χ2n) is 7.01. The quantitative estimate of drug-likeness (QED) is 0.643. The molecule has 0 spiro atoms. The predicted molar refractivity (Wildman–Crippen MR) is 105 cm³/mol. The predicted octanol–water partition coefficient (Wildman–Crippen LogP) is 4.41. The summed E-state index contributed by atoms with van der Waals surface area (Å²) in [5.41, 5.74) is 3.61. The van der Waals surface area contributed by atoms with Crippen molar-refractivity contribution in [1.82, 2.24) is 9.78 Å². The van der Waals surface area contributed by atoms with Crippen LogP contribution in [0, 0.1) is 5.92 Å². The fraction of sp³-hybridized carbons (Fsp3) is 0.273. The molecule has 140 valence electrons. The molecule has 0 bridgehead atoms. The number of aliphatic carboxylic acids is 1. The third-order valence-corrected chi connectivity index (χ3v) is 4.16. The molecule has 2 aromatic carbocycles. The van der Waals surface area contributed by atoms with Crippen LogP contribution in [0.1, 0.15) is 25.0 Å². The van der Waals surface area contributed by atoms with E-state index in [1.807, 2.05) is 65.6 Å². The van der Waals surface area contributed by atoms with Gasteiger partial charge in [-0.15, -0.1) is 0 Å². The number of nitrogens with zero attached hydrogens (tertiary/aromatic N) is 2. The van der Waals surface area contributed by atoms with E-state index in [2.05, 4.69) is 18.9 Å². The Balaban J connectivity index is 1.82. The molecule has 1 aromatic heterocycles. The lowest BCUT2D eigenvalue weighted by atomic mass is 10.0. The van der Waals surface area contributed by atoms with Gasteiger partial charge < -0.3 is 9.84 Å². The van der Waals surface area contributed by atoms with Crippen LogP contribution < -0.4 is 4.74 Å². The minimum absolute atomic E-state index is 0.0852. The van der Waals surface area contributed by atoms with Crippen LogP contribution in [-0.2, 0) is 24.4 Å². The van der Waals surface area contributed by atoms with Gasteiger partial charge in [-0.2, -0.15) is 5.10 Å². The van der Waals surface area contributed by atoms with Gasteiger partial charge in [0.1, 0.15) is 12.4 Å². The minimum Gasteiger partial charge on any atom is -0.489 e. The molecular weight excluding hydrogens is 340 g/mol. The molecular formula is C22H24N2O3. The number of ether oxygens (including phenoxy) is 1. The van der Waals surface area contributed by atoms with E-state index in [0.717, 1.165) is 23.2 Å². The molecule has 1 N–H and O–H groups in total. The number of carboxylic acids is 1. The molecule has 0 unspecified atom stereocenters. The Labute approximate surface area is 159 Å². The summed E-state index contributed by atoms with van der Waals surface area (Å²) in [6.45, 7) is 5.54. The number of hydrogen-bond donors (Lipinski definition) is 1. The summed E-state index contributed by atoms with van der Waals surface area (Å²) >= 11 is 0. The van der Waals surface area contributed by atoms with Crippen molar-refractivity contribution in [2.75, 3.05) is 0 Å². The van der Waals surface area contributed by atoms with E-state index in [-0.39, 0.29) is 6.42 Å². The first-order valence-electron chi connectivity index (χ1n) is 9.05. The Morgan fingerprint density at radius 3 is 2.63 bits per heavy atom. The highest BCUT2D eigenvalue weighted by molar-refractivity contribution is 5.73. The van der Waals surface area contributed by atoms with Crippen LogP contribution in [0.3, 0.4) is 0 Å². The number of rotatable bonds is 8. The summed E-state index contributed by atoms with van der Waals surface area (Å²) in [6, 6.07) is 15.5. The van der Waals surface area contributed by atoms with Crippen molar-refractivity contribution >= 4 is 5.97 Å². The van der Waals surface area contributed by atoms with E-state index in [1.165, 1.54) is 0 Å². The van der Waals surface area contributed by atoms with Crippen LogP contribution >= 0.6 is 0 Å². The molecule has 3 aromatic rings. The monoisotopic (exact) mass is 364 g/mol. The van der Waals surface area contributed by atoms with Crippen molar-refractivity contribution in [2.45, 2.75) is 33.4 Å². The van der Waals surface area contributed by atoms with Gasteiger partial charge in [-0.05, 0) is 29.2 Å². The van der Waals surface area contributed by atoms with Gasteiger partial charge in [0.2, 0.25) is 0 Å². The summed E-state index contributed by atoms with van der Waals surface area (Å²) in [5.74, 6) is 0.223. The minimum atomic E-state index is -0.882. The molecule has 0 saturated heterocycles. The highest BCUT2D eigenvalue weighted by Crippen LogP contribution is 2.28. The zero-order valence-corrected chi connectivity index (χ0v) is 15.6. The van der Waals surface area contributed by atoms with Gasteiger partial charge >= 0.3 is 5.97 Å². The fourth-order valence-corrected chi connectivity index (χ4v) is 2.92. The van der Waals surface area contributed by atoms with Crippen molar-refractivity contribution < 1.29 is 14.6 Å². The maximum atomic E-state index is 11.3. The lowest BCUT2D eigenvalue weighted by molar-refractivity contribution is -0.136. The summed E-state index contributed by atoms with van der Waals surface area (Å²) in [4.78, 5) is 11.3. The molecule has 1 heterocycles. The van der Waals surface area contributed by atoms with Crippen LogP contribution in [0.4, 0.5) is 0 Å². The first kappa shape index (κ1) is 18.7. The van der Waals surface area contributed by atoms with Crippen LogP contribution in [0.2, 0.25) is 0 Å². The second-order valence-corrected chi connectivity index (χ2v) is 7.01. The van der Waals surface area contributed by atoms with E-state index in [4.69, 9.17) is 4.74 Å². The average molecular weight is 364 g/mol. The highest BCUT2D eigenvalue weighted by Gasteiger charge is 2.12. The number of benzene rings is 2. The van der Waals surface area contributed by atoms with Crippen LogP contribution in [0.15, 0.2) is 60.9 Å². The smallest absolute Gasteiger partial charge is 0.307 e. The lowest BCUT2D eigenvalue weighted by Crippen LogP contribution is -2.05. The Hall–Kier alpha value is -3.08. The van der Waals surface area contributed by atoms with Gasteiger partial charge in [0, 0.05) is 23.9 Å². The number of carboxylic acid groups (broad SMARTS) is 1. The number of hydrogen-bond acceptors (Lipinski definition) is 3. The fourth-order valence-electron chi connectivity index (χ4n) is 2.92. The molecule has 0 saturated carbocycles. The van der Waals surface area contributed by atoms with E-state index in [9.17, 15) is 9.90 Å². The summed E-state index contributed by atoms with van der Waals surface area (Å²) in [6.07, 6.45) is 3.72. The Morgan fingerprint density at radius 1 is 1.15 bits per heavy atom. The summed E-state index contributed by atoms with van der Waals surface area (Å²) < 4.78 is 7.80. The van der Waals surface area contributed by atoms with Gasteiger partial charge in [-0.25, -0.2) is 0 Å². The van der Waals surface area contributed by atoms with Gasteiger partial charge in [0.15, 0.2) is 0 Å². The van der Waals surface area contributed by atoms with E-state index < -0.39 is 5.97 Å². The Bertz CT molecular complexity index is 901. The molecule has 0 aliphatic carbocycles. The topological polar surface area (TPSA) is 64.3 Å². The molecule has 5 nitrogen and oxygen atoms in total. The molecule has 0 fully saturated rings. The van der Waals surface area contributed by atoms with E-state index >= 15 is 0 Å². The lowest BCUT2D eigenvalue weighted by Gasteiger charge is -2.12. The van der Waals surface area contributed by atoms with E-state index in [0.29, 0.717) is 23.8 Å². The maximum absolute atomic E-state index is 11.3. The van der Waals surface area contributed by atoms with Crippen molar-refractivity contribution in [3.8, 4) is 16.9 Å². The molecule has 0 aliphatic heterocycles. The molecule has 0 radical (unpaired) electrons. The first-order chi connectivity index (χ1) is 13.0. The first-order valence-corrected chi connectivity index (χ1v) is 9.05. The van der Waals surface area contributed by atoms with Crippen LogP contribution in [0.5, 0.6) is 5.75 Å². The standard InChI is InChI=1S/C22H24N2O3/c1-16(2)13-24-14-20(12-23-24)18-8-9-21(19(10-18)11-22(25)26)27-15-17-6-4-3-5-7-17/h3-10,12,14,16H,11,13,15H2,1-2H3,(H,25,26). The van der Waals surface area contributed by atoms with Crippen molar-refractivity contribution in [2.24, 2.45) is 5.92 Å². The molecule has 0 aliphatic rings. The highest BCUT2D eigenvalue weighted by atomic mass is 16.5. The number of aromatic nitrogens is 2. The van der Waals surface area contributed by atoms with Crippen molar-refractivity contribution in [3.63, 3.8) is 0 Å². The van der Waals surface area contributed by atoms with Gasteiger partial charge in [-0.3, -0.25) is 9.48 Å². The Morgan fingerprint density at radius 2 is 1.93 bits per heavy atom. The molecule has 5 heteroatoms. The number of carbonyl (C=O) groups is 1. The SMILES string of the molecule is CC(C)Cn1cc(-c2ccc(OCc3ccccc3)c(CC(=O)O)c2)cn1. The maximum Gasteiger partial charge on any atom is 0.307 e. The molecule has 27 heavy (non-hydrogen) atoms. The van der Waals surface area contributed by atoms with E-state index in [1.54, 1.807) is 0 Å². The summed E-state index contributed by atoms with van der Waals surface area (Å²) in [7, 11) is 0. The van der Waals surface area contributed by atoms with Gasteiger partial charge in [0.05, 0.1) is 12.6 Å². The van der Waals surface area contributed by atoms with Gasteiger partial charge in [0.25, 0.3) is 0 Å². The zero-order valence-electron chi connectivity index (χ0n) is 15.6. The van der Waals surface area contributed by atoms with Crippen LogP contribution in [-0.4, -0.2) is 20.9 Å². The Kier molecular flexibility index (Phi) is 5.91. The normalized spacial score (nSPS) is 10.9. The van der Waals surface area contributed by atoms with Crippen LogP contribution in [0.25, 0.3) is 11.1 Å². The molecule has 0 amide bonds. The van der Waals surface area contributed by atoms with Gasteiger partial charge in [-0.1, -0.05) is 50.2 Å². The van der Waals surface area contributed by atoms with Crippen molar-refractivity contribution in [1.29, 1.82) is 0 Å². The third kappa shape index (κ3) is 5.20. The largest absolute Gasteiger partial charge is 0.489 e. The van der Waals surface area contributed by atoms with Crippen molar-refractivity contribution in [3.05, 3.63) is 72.1 Å². The third-order valence-electron chi connectivity index (χ3n) is 4.16. The second kappa shape index (κ2) is 8.54. The molecule has 3 rings (SSSR count). The summed E-state index contributed by atoms with van der Waals surface area (Å²) in [5, 5.41) is 13.7. The average Bonchev–Trinajstić information content (AvgIpc) is 3.08. The molecule has 0 atom stereocenters.